The number of nitrogens with zero attached hydrogens (tertiary/aromatic N) is 6. The normalized spacial score (nSPS) is 27.1. The Labute approximate surface area is 160 Å². The zero-order chi connectivity index (χ0) is 19.2. The maximum Gasteiger partial charge on any atom is 0.319 e. The van der Waals surface area contributed by atoms with Gasteiger partial charge in [0.2, 0.25) is 11.9 Å². The molecule has 1 aromatic heterocycles. The van der Waals surface area contributed by atoms with Crippen molar-refractivity contribution in [3.05, 3.63) is 18.5 Å². The molecular formula is C19H28N6O2. The van der Waals surface area contributed by atoms with Crippen molar-refractivity contribution in [1.82, 2.24) is 24.7 Å². The predicted octanol–water partition coefficient (Wildman–Crippen LogP) is 0.909. The Balaban J connectivity index is 1.63. The van der Waals surface area contributed by atoms with E-state index in [4.69, 9.17) is 0 Å². The molecule has 8 heteroatoms. The van der Waals surface area contributed by atoms with Gasteiger partial charge in [-0.05, 0) is 25.3 Å². The van der Waals surface area contributed by atoms with E-state index in [0.29, 0.717) is 25.6 Å². The Morgan fingerprint density at radius 2 is 1.74 bits per heavy atom. The summed E-state index contributed by atoms with van der Waals surface area (Å²) in [5.41, 5.74) is -0.522. The zero-order valence-electron chi connectivity index (χ0n) is 16.4. The Morgan fingerprint density at radius 3 is 2.30 bits per heavy atom. The van der Waals surface area contributed by atoms with E-state index >= 15 is 0 Å². The summed E-state index contributed by atoms with van der Waals surface area (Å²) in [7, 11) is 5.47. The van der Waals surface area contributed by atoms with Crippen LogP contribution in [0.5, 0.6) is 0 Å². The quantitative estimate of drug-likeness (QED) is 0.733. The smallest absolute Gasteiger partial charge is 0.319 e. The molecule has 0 radical (unpaired) electrons. The van der Waals surface area contributed by atoms with Crippen LogP contribution in [-0.2, 0) is 4.79 Å². The van der Waals surface area contributed by atoms with E-state index in [1.807, 2.05) is 22.9 Å². The number of hydrogen-bond acceptors (Lipinski definition) is 5. The van der Waals surface area contributed by atoms with Crippen LogP contribution in [0.15, 0.2) is 18.5 Å². The van der Waals surface area contributed by atoms with Gasteiger partial charge in [0.05, 0.1) is 5.41 Å². The van der Waals surface area contributed by atoms with Gasteiger partial charge in [-0.1, -0.05) is 0 Å². The van der Waals surface area contributed by atoms with E-state index in [-0.39, 0.29) is 17.4 Å². The predicted molar refractivity (Wildman–Crippen MR) is 101 cm³/mol. The number of likely N-dealkylation sites (tertiary alicyclic amines) is 2. The van der Waals surface area contributed by atoms with Crippen LogP contribution in [-0.4, -0.2) is 90.5 Å². The number of piperidine rings is 1. The molecule has 4 heterocycles. The van der Waals surface area contributed by atoms with Gasteiger partial charge in [0.15, 0.2) is 0 Å². The zero-order valence-corrected chi connectivity index (χ0v) is 16.4. The van der Waals surface area contributed by atoms with Gasteiger partial charge in [0, 0.05) is 71.7 Å². The van der Waals surface area contributed by atoms with Gasteiger partial charge in [-0.15, -0.1) is 0 Å². The Morgan fingerprint density at radius 1 is 1.07 bits per heavy atom. The molecule has 146 valence electrons. The fourth-order valence-corrected chi connectivity index (χ4v) is 5.28. The molecule has 3 fully saturated rings. The monoisotopic (exact) mass is 372 g/mol. The van der Waals surface area contributed by atoms with Gasteiger partial charge in [-0.3, -0.25) is 4.79 Å². The molecule has 3 aliphatic rings. The molecule has 1 atom stereocenters. The fourth-order valence-electron chi connectivity index (χ4n) is 5.28. The van der Waals surface area contributed by atoms with Crippen molar-refractivity contribution in [2.75, 3.05) is 58.8 Å². The lowest BCUT2D eigenvalue weighted by Crippen LogP contribution is -2.54. The lowest BCUT2D eigenvalue weighted by Gasteiger charge is -2.46. The van der Waals surface area contributed by atoms with Crippen molar-refractivity contribution in [2.24, 2.45) is 10.8 Å². The highest BCUT2D eigenvalue weighted by Gasteiger charge is 2.65. The molecule has 0 aliphatic carbocycles. The van der Waals surface area contributed by atoms with E-state index in [1.165, 1.54) is 0 Å². The minimum Gasteiger partial charge on any atom is -0.345 e. The second kappa shape index (κ2) is 6.35. The first-order chi connectivity index (χ1) is 12.9. The Bertz CT molecular complexity index is 731. The molecule has 0 unspecified atom stereocenters. The van der Waals surface area contributed by atoms with Gasteiger partial charge in [0.1, 0.15) is 0 Å². The van der Waals surface area contributed by atoms with Gasteiger partial charge >= 0.3 is 6.03 Å². The van der Waals surface area contributed by atoms with E-state index in [2.05, 4.69) is 14.9 Å². The average molecular weight is 372 g/mol. The van der Waals surface area contributed by atoms with E-state index in [0.717, 1.165) is 32.4 Å². The summed E-state index contributed by atoms with van der Waals surface area (Å²) < 4.78 is 0. The fraction of sp³-hybridized carbons (Fsp3) is 0.684. The van der Waals surface area contributed by atoms with Gasteiger partial charge in [-0.2, -0.15) is 0 Å². The lowest BCUT2D eigenvalue weighted by atomic mass is 9.60. The van der Waals surface area contributed by atoms with Crippen LogP contribution < -0.4 is 4.90 Å². The highest BCUT2D eigenvalue weighted by atomic mass is 16.2. The number of anilines is 1. The minimum absolute atomic E-state index is 0.0509. The average Bonchev–Trinajstić information content (AvgIpc) is 3.16. The molecule has 3 amide bonds. The van der Waals surface area contributed by atoms with Crippen molar-refractivity contribution in [3.8, 4) is 0 Å². The highest BCUT2D eigenvalue weighted by Crippen LogP contribution is 2.58. The number of urea groups is 1. The van der Waals surface area contributed by atoms with Crippen LogP contribution in [0.25, 0.3) is 0 Å². The molecule has 0 bridgehead atoms. The third-order valence-electron chi connectivity index (χ3n) is 6.81. The van der Waals surface area contributed by atoms with E-state index < -0.39 is 5.41 Å². The number of aromatic nitrogens is 2. The first-order valence-electron chi connectivity index (χ1n) is 9.62. The first-order valence-corrected chi connectivity index (χ1v) is 9.62. The summed E-state index contributed by atoms with van der Waals surface area (Å²) in [5.74, 6) is 0.941. The lowest BCUT2D eigenvalue weighted by molar-refractivity contribution is -0.140. The summed E-state index contributed by atoms with van der Waals surface area (Å²) in [5, 5.41) is 0. The molecule has 3 aliphatic heterocycles. The number of amides is 3. The van der Waals surface area contributed by atoms with E-state index in [1.54, 1.807) is 31.4 Å². The van der Waals surface area contributed by atoms with Crippen molar-refractivity contribution >= 4 is 17.9 Å². The summed E-state index contributed by atoms with van der Waals surface area (Å²) in [6, 6.07) is 1.86. The molecule has 0 N–H and O–H groups in total. The number of hydrogen-bond donors (Lipinski definition) is 0. The standard InChI is InChI=1S/C19H28N6O2/c1-22(2)17(27)24-11-5-18(6-12-24)13-25(16-20-8-4-9-21-16)14-19(18)7-10-23(3)15(19)26/h4,8-9H,5-7,10-14H2,1-3H3/t19-/m1/s1. The molecule has 0 saturated carbocycles. The van der Waals surface area contributed by atoms with Gasteiger partial charge in [0.25, 0.3) is 0 Å². The maximum absolute atomic E-state index is 13.3. The van der Waals surface area contributed by atoms with Crippen LogP contribution in [0.1, 0.15) is 19.3 Å². The number of fused-ring (bicyclic) bond motifs is 1. The summed E-state index contributed by atoms with van der Waals surface area (Å²) in [4.78, 5) is 42.1. The number of rotatable bonds is 1. The molecule has 4 rings (SSSR count). The SMILES string of the molecule is CN(C)C(=O)N1CCC2(CC1)CN(c1ncccn1)C[C@@]21CCN(C)C1=O. The van der Waals surface area contributed by atoms with Crippen molar-refractivity contribution in [2.45, 2.75) is 19.3 Å². The second-order valence-electron chi connectivity index (χ2n) is 8.41. The third-order valence-corrected chi connectivity index (χ3v) is 6.81. The second-order valence-corrected chi connectivity index (χ2v) is 8.41. The Kier molecular flexibility index (Phi) is 4.24. The van der Waals surface area contributed by atoms with Crippen LogP contribution in [0, 0.1) is 10.8 Å². The van der Waals surface area contributed by atoms with E-state index in [9.17, 15) is 9.59 Å². The largest absolute Gasteiger partial charge is 0.345 e. The molecule has 8 nitrogen and oxygen atoms in total. The van der Waals surface area contributed by atoms with Crippen LogP contribution in [0.2, 0.25) is 0 Å². The van der Waals surface area contributed by atoms with Crippen molar-refractivity contribution in [3.63, 3.8) is 0 Å². The molecule has 27 heavy (non-hydrogen) atoms. The number of carbonyl (C=O) groups is 2. The third kappa shape index (κ3) is 2.64. The van der Waals surface area contributed by atoms with Crippen LogP contribution in [0.3, 0.4) is 0 Å². The Hall–Kier alpha value is -2.38. The molecular weight excluding hydrogens is 344 g/mol. The minimum atomic E-state index is -0.395. The highest BCUT2D eigenvalue weighted by molar-refractivity contribution is 5.87. The number of carbonyl (C=O) groups excluding carboxylic acids is 2. The van der Waals surface area contributed by atoms with Gasteiger partial charge < -0.3 is 19.6 Å². The summed E-state index contributed by atoms with van der Waals surface area (Å²) >= 11 is 0. The van der Waals surface area contributed by atoms with Crippen LogP contribution >= 0.6 is 0 Å². The topological polar surface area (TPSA) is 72.9 Å². The summed E-state index contributed by atoms with van der Waals surface area (Å²) in [6.07, 6.45) is 6.06. The maximum atomic E-state index is 13.3. The molecule has 1 aromatic rings. The van der Waals surface area contributed by atoms with Crippen molar-refractivity contribution in [1.29, 1.82) is 0 Å². The summed E-state index contributed by atoms with van der Waals surface area (Å²) in [6.45, 7) is 3.63. The molecule has 3 saturated heterocycles. The molecule has 0 aromatic carbocycles. The first kappa shape index (κ1) is 18.0. The van der Waals surface area contributed by atoms with Crippen molar-refractivity contribution < 1.29 is 9.59 Å². The van der Waals surface area contributed by atoms with Gasteiger partial charge in [-0.25, -0.2) is 14.8 Å². The van der Waals surface area contributed by atoms with Crippen LogP contribution in [0.4, 0.5) is 10.7 Å². The molecule has 2 spiro atoms.